The lowest BCUT2D eigenvalue weighted by molar-refractivity contribution is 0.0358. The van der Waals surface area contributed by atoms with Crippen molar-refractivity contribution in [3.05, 3.63) is 42.7 Å². The highest BCUT2D eigenvalue weighted by Gasteiger charge is 2.23. The number of nitrogens with one attached hydrogen (secondary N) is 1. The standard InChI is InChI=1S/C26H31N5O2/c27-18-20-7-11-31(12-8-20)25-23-6-9-28-26(23)29-19-24(25)21-2-4-22(5-3-21)33-15-1-10-30-13-16-32-17-14-30/h2-6,9,19-20H,1,7-8,10-17H2,(H,28,29). The van der Waals surface area contributed by atoms with E-state index in [0.29, 0.717) is 6.61 Å². The van der Waals surface area contributed by atoms with Gasteiger partial charge in [0.25, 0.3) is 0 Å². The second kappa shape index (κ2) is 10.2. The van der Waals surface area contributed by atoms with Crippen molar-refractivity contribution >= 4 is 16.7 Å². The number of benzene rings is 1. The average molecular weight is 446 g/mol. The number of piperidine rings is 1. The van der Waals surface area contributed by atoms with Gasteiger partial charge in [0, 0.05) is 62.0 Å². The Kier molecular flexibility index (Phi) is 6.75. The number of ether oxygens (including phenoxy) is 2. The van der Waals surface area contributed by atoms with Gasteiger partial charge in [0.15, 0.2) is 0 Å². The van der Waals surface area contributed by atoms with Gasteiger partial charge >= 0.3 is 0 Å². The Morgan fingerprint density at radius 1 is 1.09 bits per heavy atom. The van der Waals surface area contributed by atoms with Crippen molar-refractivity contribution in [2.45, 2.75) is 19.3 Å². The molecule has 7 nitrogen and oxygen atoms in total. The smallest absolute Gasteiger partial charge is 0.139 e. The lowest BCUT2D eigenvalue weighted by atomic mass is 9.96. The minimum atomic E-state index is 0.160. The number of hydrogen-bond donors (Lipinski definition) is 1. The predicted octanol–water partition coefficient (Wildman–Crippen LogP) is 4.07. The van der Waals surface area contributed by atoms with Gasteiger partial charge in [-0.2, -0.15) is 5.26 Å². The third-order valence-electron chi connectivity index (χ3n) is 6.71. The second-order valence-electron chi connectivity index (χ2n) is 8.83. The van der Waals surface area contributed by atoms with Crippen LogP contribution in [0.25, 0.3) is 22.2 Å². The maximum Gasteiger partial charge on any atom is 0.139 e. The summed E-state index contributed by atoms with van der Waals surface area (Å²) in [6.45, 7) is 7.26. The van der Waals surface area contributed by atoms with E-state index >= 15 is 0 Å². The molecule has 2 aromatic heterocycles. The Bertz CT molecular complexity index is 1090. The van der Waals surface area contributed by atoms with Crippen LogP contribution in [-0.4, -0.2) is 67.4 Å². The molecule has 2 saturated heterocycles. The zero-order valence-corrected chi connectivity index (χ0v) is 19.0. The molecule has 2 aliphatic heterocycles. The Balaban J connectivity index is 1.28. The summed E-state index contributed by atoms with van der Waals surface area (Å²) in [4.78, 5) is 12.7. The number of aromatic amines is 1. The zero-order chi connectivity index (χ0) is 22.5. The van der Waals surface area contributed by atoms with Gasteiger partial charge in [0.1, 0.15) is 11.4 Å². The first kappa shape index (κ1) is 21.7. The average Bonchev–Trinajstić information content (AvgIpc) is 3.36. The number of aromatic nitrogens is 2. The molecule has 7 heteroatoms. The highest BCUT2D eigenvalue weighted by Crippen LogP contribution is 2.38. The molecule has 3 aromatic rings. The summed E-state index contributed by atoms with van der Waals surface area (Å²) in [7, 11) is 0. The molecular formula is C26H31N5O2. The van der Waals surface area contributed by atoms with Gasteiger partial charge in [-0.3, -0.25) is 4.90 Å². The van der Waals surface area contributed by atoms with E-state index < -0.39 is 0 Å². The highest BCUT2D eigenvalue weighted by atomic mass is 16.5. The Labute approximate surface area is 194 Å². The van der Waals surface area contributed by atoms with Crippen LogP contribution in [0.5, 0.6) is 5.75 Å². The van der Waals surface area contributed by atoms with Gasteiger partial charge in [-0.05, 0) is 43.0 Å². The Morgan fingerprint density at radius 2 is 1.88 bits per heavy atom. The van der Waals surface area contributed by atoms with E-state index in [2.05, 4.69) is 56.2 Å². The fourth-order valence-electron chi connectivity index (χ4n) is 4.81. The molecule has 1 N–H and O–H groups in total. The minimum absolute atomic E-state index is 0.160. The van der Waals surface area contributed by atoms with E-state index in [0.717, 1.165) is 93.1 Å². The summed E-state index contributed by atoms with van der Waals surface area (Å²) in [6.07, 6.45) is 6.73. The van der Waals surface area contributed by atoms with Crippen LogP contribution in [0.15, 0.2) is 42.7 Å². The van der Waals surface area contributed by atoms with Crippen LogP contribution in [0.2, 0.25) is 0 Å². The predicted molar refractivity (Wildman–Crippen MR) is 129 cm³/mol. The number of H-pyrrole nitrogens is 1. The number of nitriles is 1. The van der Waals surface area contributed by atoms with E-state index in [9.17, 15) is 5.26 Å². The van der Waals surface area contributed by atoms with Crippen molar-refractivity contribution in [2.24, 2.45) is 5.92 Å². The van der Waals surface area contributed by atoms with Crippen LogP contribution in [-0.2, 0) is 4.74 Å². The Morgan fingerprint density at radius 3 is 2.64 bits per heavy atom. The first-order chi connectivity index (χ1) is 16.3. The summed E-state index contributed by atoms with van der Waals surface area (Å²) in [5.41, 5.74) is 4.35. The van der Waals surface area contributed by atoms with Gasteiger partial charge in [-0.1, -0.05) is 12.1 Å². The quantitative estimate of drug-likeness (QED) is 0.553. The van der Waals surface area contributed by atoms with E-state index in [4.69, 9.17) is 9.47 Å². The third-order valence-corrected chi connectivity index (χ3v) is 6.71. The number of rotatable bonds is 7. The molecule has 0 saturated carbocycles. The van der Waals surface area contributed by atoms with Gasteiger partial charge < -0.3 is 19.4 Å². The SMILES string of the molecule is N#CC1CCN(c2c(-c3ccc(OCCCN4CCOCC4)cc3)cnc3[nH]ccc23)CC1. The van der Waals surface area contributed by atoms with Gasteiger partial charge in [0.2, 0.25) is 0 Å². The van der Waals surface area contributed by atoms with E-state index in [1.165, 1.54) is 5.69 Å². The normalized spacial score (nSPS) is 17.8. The minimum Gasteiger partial charge on any atom is -0.494 e. The zero-order valence-electron chi connectivity index (χ0n) is 19.0. The van der Waals surface area contributed by atoms with Crippen molar-refractivity contribution in [3.8, 4) is 22.9 Å². The van der Waals surface area contributed by atoms with Crippen molar-refractivity contribution in [3.63, 3.8) is 0 Å². The molecule has 0 amide bonds. The molecular weight excluding hydrogens is 414 g/mol. The third kappa shape index (κ3) is 4.97. The molecule has 5 rings (SSSR count). The maximum atomic E-state index is 9.29. The van der Waals surface area contributed by atoms with Crippen molar-refractivity contribution in [2.75, 3.05) is 57.4 Å². The van der Waals surface area contributed by atoms with Gasteiger partial charge in [0.05, 0.1) is 31.6 Å². The molecule has 2 aliphatic rings. The fourth-order valence-corrected chi connectivity index (χ4v) is 4.81. The molecule has 0 atom stereocenters. The summed E-state index contributed by atoms with van der Waals surface area (Å²) < 4.78 is 11.4. The largest absolute Gasteiger partial charge is 0.494 e. The molecule has 0 spiro atoms. The Hall–Kier alpha value is -3.08. The van der Waals surface area contributed by atoms with Crippen molar-refractivity contribution in [1.82, 2.24) is 14.9 Å². The first-order valence-electron chi connectivity index (χ1n) is 12.0. The van der Waals surface area contributed by atoms with Gasteiger partial charge in [-0.25, -0.2) is 4.98 Å². The van der Waals surface area contributed by atoms with Crippen LogP contribution in [0.3, 0.4) is 0 Å². The van der Waals surface area contributed by atoms with Crippen LogP contribution < -0.4 is 9.64 Å². The molecule has 0 unspecified atom stereocenters. The van der Waals surface area contributed by atoms with Crippen LogP contribution >= 0.6 is 0 Å². The number of morpholine rings is 1. The molecule has 2 fully saturated rings. The summed E-state index contributed by atoms with van der Waals surface area (Å²) in [5, 5.41) is 10.4. The van der Waals surface area contributed by atoms with Crippen LogP contribution in [0.4, 0.5) is 5.69 Å². The summed E-state index contributed by atoms with van der Waals surface area (Å²) >= 11 is 0. The molecule has 4 heterocycles. The van der Waals surface area contributed by atoms with Crippen molar-refractivity contribution in [1.29, 1.82) is 5.26 Å². The van der Waals surface area contributed by atoms with E-state index in [1.807, 2.05) is 12.4 Å². The van der Waals surface area contributed by atoms with Crippen LogP contribution in [0.1, 0.15) is 19.3 Å². The fraction of sp³-hybridized carbons (Fsp3) is 0.462. The lowest BCUT2D eigenvalue weighted by Gasteiger charge is -2.33. The monoisotopic (exact) mass is 445 g/mol. The molecule has 0 bridgehead atoms. The topological polar surface area (TPSA) is 77.4 Å². The number of anilines is 1. The van der Waals surface area contributed by atoms with Crippen molar-refractivity contribution < 1.29 is 9.47 Å². The number of nitrogens with zero attached hydrogens (tertiary/aromatic N) is 4. The number of pyridine rings is 1. The summed E-state index contributed by atoms with van der Waals surface area (Å²) in [6, 6.07) is 12.9. The second-order valence-corrected chi connectivity index (χ2v) is 8.83. The molecule has 0 aliphatic carbocycles. The maximum absolute atomic E-state index is 9.29. The summed E-state index contributed by atoms with van der Waals surface area (Å²) in [5.74, 6) is 1.06. The highest BCUT2D eigenvalue weighted by molar-refractivity contribution is 5.98. The van der Waals surface area contributed by atoms with E-state index in [-0.39, 0.29) is 5.92 Å². The number of hydrogen-bond acceptors (Lipinski definition) is 6. The lowest BCUT2D eigenvalue weighted by Crippen LogP contribution is -2.37. The van der Waals surface area contributed by atoms with Gasteiger partial charge in [-0.15, -0.1) is 0 Å². The van der Waals surface area contributed by atoms with E-state index in [1.54, 1.807) is 0 Å². The number of fused-ring (bicyclic) bond motifs is 1. The molecule has 33 heavy (non-hydrogen) atoms. The molecule has 1 aromatic carbocycles. The molecule has 172 valence electrons. The first-order valence-corrected chi connectivity index (χ1v) is 12.0. The molecule has 0 radical (unpaired) electrons. The van der Waals surface area contributed by atoms with Crippen LogP contribution in [0, 0.1) is 17.2 Å².